The van der Waals surface area contributed by atoms with Gasteiger partial charge in [-0.1, -0.05) is 51.9 Å². The van der Waals surface area contributed by atoms with Crippen LogP contribution in [0.3, 0.4) is 0 Å². The smallest absolute Gasteiger partial charge is 0.0351 e. The van der Waals surface area contributed by atoms with E-state index in [1.54, 1.807) is 0 Å². The van der Waals surface area contributed by atoms with Gasteiger partial charge in [-0.3, -0.25) is 4.90 Å². The van der Waals surface area contributed by atoms with Crippen molar-refractivity contribution in [2.45, 2.75) is 64.3 Å². The normalized spacial score (nSPS) is 22.1. The molecule has 0 atom stereocenters. The molecule has 1 N–H and O–H groups in total. The average molecular weight is 281 g/mol. The number of nitrogens with one attached hydrogen (secondary N) is 1. The Bertz CT molecular complexity index is 232. The second-order valence-corrected chi connectivity index (χ2v) is 6.67. The lowest BCUT2D eigenvalue weighted by molar-refractivity contribution is 0.0264. The fourth-order valence-electron chi connectivity index (χ4n) is 3.47. The van der Waals surface area contributed by atoms with Crippen LogP contribution in [0.25, 0.3) is 0 Å². The number of piperazine rings is 1. The molecular formula is C17H35N3. The van der Waals surface area contributed by atoms with Gasteiger partial charge >= 0.3 is 0 Å². The summed E-state index contributed by atoms with van der Waals surface area (Å²) in [6.45, 7) is 11.2. The maximum absolute atomic E-state index is 3.44. The number of unbranched alkanes of at least 4 members (excludes halogenated alkanes) is 7. The van der Waals surface area contributed by atoms with Crippen LogP contribution in [-0.2, 0) is 0 Å². The number of rotatable bonds is 10. The summed E-state index contributed by atoms with van der Waals surface area (Å²) in [5.74, 6) is 0. The van der Waals surface area contributed by atoms with Crippen molar-refractivity contribution >= 4 is 0 Å². The van der Waals surface area contributed by atoms with E-state index in [4.69, 9.17) is 0 Å². The zero-order chi connectivity index (χ0) is 14.0. The third kappa shape index (κ3) is 5.71. The highest BCUT2D eigenvalue weighted by Crippen LogP contribution is 2.17. The molecule has 20 heavy (non-hydrogen) atoms. The van der Waals surface area contributed by atoms with Crippen LogP contribution in [0.5, 0.6) is 0 Å². The topological polar surface area (TPSA) is 18.5 Å². The Morgan fingerprint density at radius 3 is 2.10 bits per heavy atom. The van der Waals surface area contributed by atoms with Gasteiger partial charge in [0, 0.05) is 45.3 Å². The molecule has 0 aromatic carbocycles. The summed E-state index contributed by atoms with van der Waals surface area (Å²) in [5, 5.41) is 3.44. The molecule has 2 fully saturated rings. The molecule has 2 saturated heterocycles. The molecule has 0 saturated carbocycles. The molecule has 2 aliphatic rings. The Morgan fingerprint density at radius 2 is 1.45 bits per heavy atom. The molecule has 0 aromatic heterocycles. The highest BCUT2D eigenvalue weighted by atomic mass is 15.3. The maximum atomic E-state index is 3.44. The first-order chi connectivity index (χ1) is 9.90. The second kappa shape index (κ2) is 9.75. The van der Waals surface area contributed by atoms with Crippen LogP contribution >= 0.6 is 0 Å². The van der Waals surface area contributed by atoms with Gasteiger partial charge in [-0.05, 0) is 13.0 Å². The van der Waals surface area contributed by atoms with Crippen LogP contribution in [0, 0.1) is 0 Å². The standard InChI is InChI=1S/C17H35N3/c1-2-3-4-5-6-7-8-9-12-19-15-17(16-19)20-13-10-18-11-14-20/h17-18H,2-16H2,1H3. The van der Waals surface area contributed by atoms with Gasteiger partial charge in [0.2, 0.25) is 0 Å². The summed E-state index contributed by atoms with van der Waals surface area (Å²) in [4.78, 5) is 5.34. The van der Waals surface area contributed by atoms with Gasteiger partial charge < -0.3 is 10.2 Å². The van der Waals surface area contributed by atoms with E-state index in [9.17, 15) is 0 Å². The van der Waals surface area contributed by atoms with Crippen LogP contribution < -0.4 is 5.32 Å². The summed E-state index contributed by atoms with van der Waals surface area (Å²) in [6, 6.07) is 0.867. The van der Waals surface area contributed by atoms with Crippen molar-refractivity contribution in [1.82, 2.24) is 15.1 Å². The maximum Gasteiger partial charge on any atom is 0.0351 e. The first-order valence-corrected chi connectivity index (χ1v) is 9.07. The van der Waals surface area contributed by atoms with Gasteiger partial charge in [-0.15, -0.1) is 0 Å². The molecule has 0 unspecified atom stereocenters. The molecule has 0 radical (unpaired) electrons. The molecular weight excluding hydrogens is 246 g/mol. The van der Waals surface area contributed by atoms with E-state index >= 15 is 0 Å². The van der Waals surface area contributed by atoms with E-state index in [-0.39, 0.29) is 0 Å². The van der Waals surface area contributed by atoms with Crippen molar-refractivity contribution in [3.8, 4) is 0 Å². The Kier molecular flexibility index (Phi) is 7.92. The Morgan fingerprint density at radius 1 is 0.850 bits per heavy atom. The zero-order valence-corrected chi connectivity index (χ0v) is 13.6. The molecule has 0 aliphatic carbocycles. The van der Waals surface area contributed by atoms with Crippen molar-refractivity contribution in [2.24, 2.45) is 0 Å². The molecule has 0 amide bonds. The predicted molar refractivity (Wildman–Crippen MR) is 87.3 cm³/mol. The Hall–Kier alpha value is -0.120. The first-order valence-electron chi connectivity index (χ1n) is 9.07. The highest BCUT2D eigenvalue weighted by Gasteiger charge is 2.31. The molecule has 2 rings (SSSR count). The van der Waals surface area contributed by atoms with Gasteiger partial charge in [0.25, 0.3) is 0 Å². The van der Waals surface area contributed by atoms with Crippen LogP contribution in [-0.4, -0.2) is 61.7 Å². The molecule has 118 valence electrons. The number of likely N-dealkylation sites (tertiary alicyclic amines) is 1. The Balaban J connectivity index is 1.37. The van der Waals surface area contributed by atoms with Gasteiger partial charge in [-0.2, -0.15) is 0 Å². The van der Waals surface area contributed by atoms with Gasteiger partial charge in [-0.25, -0.2) is 0 Å². The van der Waals surface area contributed by atoms with Gasteiger partial charge in [0.1, 0.15) is 0 Å². The minimum atomic E-state index is 0.867. The first kappa shape index (κ1) is 16.3. The van der Waals surface area contributed by atoms with Crippen molar-refractivity contribution in [1.29, 1.82) is 0 Å². The summed E-state index contributed by atoms with van der Waals surface area (Å²) in [5.41, 5.74) is 0. The van der Waals surface area contributed by atoms with E-state index in [1.807, 2.05) is 0 Å². The van der Waals surface area contributed by atoms with E-state index in [2.05, 4.69) is 22.0 Å². The largest absolute Gasteiger partial charge is 0.314 e. The fraction of sp³-hybridized carbons (Fsp3) is 1.00. The van der Waals surface area contributed by atoms with E-state index in [0.717, 1.165) is 6.04 Å². The molecule has 0 spiro atoms. The number of hydrogen-bond donors (Lipinski definition) is 1. The highest BCUT2D eigenvalue weighted by molar-refractivity contribution is 4.89. The summed E-state index contributed by atoms with van der Waals surface area (Å²) in [6.07, 6.45) is 11.5. The molecule has 0 aromatic rings. The van der Waals surface area contributed by atoms with Crippen LogP contribution in [0.15, 0.2) is 0 Å². The van der Waals surface area contributed by atoms with Crippen LogP contribution in [0.2, 0.25) is 0 Å². The predicted octanol–water partition coefficient (Wildman–Crippen LogP) is 2.72. The van der Waals surface area contributed by atoms with E-state index in [1.165, 1.54) is 97.2 Å². The monoisotopic (exact) mass is 281 g/mol. The molecule has 2 heterocycles. The lowest BCUT2D eigenvalue weighted by Gasteiger charge is -2.47. The average Bonchev–Trinajstić information content (AvgIpc) is 2.44. The van der Waals surface area contributed by atoms with Crippen molar-refractivity contribution < 1.29 is 0 Å². The minimum Gasteiger partial charge on any atom is -0.314 e. The zero-order valence-electron chi connectivity index (χ0n) is 13.6. The molecule has 0 bridgehead atoms. The summed E-state index contributed by atoms with van der Waals surface area (Å²) in [7, 11) is 0. The van der Waals surface area contributed by atoms with Gasteiger partial charge in [0.05, 0.1) is 0 Å². The SMILES string of the molecule is CCCCCCCCCCN1CC(N2CCNCC2)C1. The third-order valence-electron chi connectivity index (χ3n) is 4.93. The van der Waals surface area contributed by atoms with Crippen molar-refractivity contribution in [3.05, 3.63) is 0 Å². The molecule has 3 nitrogen and oxygen atoms in total. The second-order valence-electron chi connectivity index (χ2n) is 6.67. The van der Waals surface area contributed by atoms with E-state index < -0.39 is 0 Å². The molecule has 3 heteroatoms. The lowest BCUT2D eigenvalue weighted by atomic mass is 10.0. The Labute approximate surface area is 126 Å². The van der Waals surface area contributed by atoms with Crippen molar-refractivity contribution in [3.63, 3.8) is 0 Å². The third-order valence-corrected chi connectivity index (χ3v) is 4.93. The molecule has 2 aliphatic heterocycles. The lowest BCUT2D eigenvalue weighted by Crippen LogP contribution is -2.62. The number of hydrogen-bond acceptors (Lipinski definition) is 3. The quantitative estimate of drug-likeness (QED) is 0.621. The number of nitrogens with zero attached hydrogens (tertiary/aromatic N) is 2. The van der Waals surface area contributed by atoms with E-state index in [0.29, 0.717) is 0 Å². The summed E-state index contributed by atoms with van der Waals surface area (Å²) >= 11 is 0. The van der Waals surface area contributed by atoms with Crippen molar-refractivity contribution in [2.75, 3.05) is 45.8 Å². The fourth-order valence-corrected chi connectivity index (χ4v) is 3.47. The summed E-state index contributed by atoms with van der Waals surface area (Å²) < 4.78 is 0. The minimum absolute atomic E-state index is 0.867. The van der Waals surface area contributed by atoms with Crippen LogP contribution in [0.4, 0.5) is 0 Å². The van der Waals surface area contributed by atoms with Gasteiger partial charge in [0.15, 0.2) is 0 Å². The van der Waals surface area contributed by atoms with Crippen LogP contribution in [0.1, 0.15) is 58.3 Å².